The van der Waals surface area contributed by atoms with E-state index < -0.39 is 12.7 Å². The molecule has 0 fully saturated rings. The van der Waals surface area contributed by atoms with E-state index in [1.807, 2.05) is 0 Å². The maximum atomic E-state index is 11.5. The number of rotatable bonds is 3. The number of aliphatic hydroxyl groups excluding tert-OH is 1. The molecule has 0 aliphatic rings. The van der Waals surface area contributed by atoms with Gasteiger partial charge in [-0.3, -0.25) is 4.90 Å². The van der Waals surface area contributed by atoms with Crippen molar-refractivity contribution in [3.63, 3.8) is 0 Å². The van der Waals surface area contributed by atoms with Crippen LogP contribution in [0.4, 0.5) is 13.2 Å². The van der Waals surface area contributed by atoms with E-state index in [0.29, 0.717) is 0 Å². The summed E-state index contributed by atoms with van der Waals surface area (Å²) in [4.78, 5) is 1.01. The molecule has 0 saturated carbocycles. The highest BCUT2D eigenvalue weighted by Crippen LogP contribution is 2.14. The van der Waals surface area contributed by atoms with Crippen LogP contribution in [0.3, 0.4) is 0 Å². The predicted molar refractivity (Wildman–Crippen MR) is 30.6 cm³/mol. The maximum absolute atomic E-state index is 11.5. The molecule has 5 heteroatoms. The molecule has 0 unspecified atom stereocenters. The molecular weight excluding hydrogens is 147 g/mol. The molecule has 0 aliphatic heterocycles. The molecule has 1 N–H and O–H groups in total. The molecule has 0 aromatic carbocycles. The van der Waals surface area contributed by atoms with Gasteiger partial charge in [-0.15, -0.1) is 0 Å². The average molecular weight is 157 g/mol. The fourth-order valence-electron chi connectivity index (χ4n) is 0.556. The molecule has 62 valence electrons. The van der Waals surface area contributed by atoms with E-state index >= 15 is 0 Å². The first-order valence-electron chi connectivity index (χ1n) is 2.82. The Balaban J connectivity index is 3.47. The first-order valence-corrected chi connectivity index (χ1v) is 2.82. The zero-order chi connectivity index (χ0) is 8.20. The number of likely N-dealkylation sites (N-methyl/N-ethyl adjacent to an activating group) is 1. The molecule has 0 aromatic heterocycles. The van der Waals surface area contributed by atoms with Crippen LogP contribution >= 0.6 is 0 Å². The lowest BCUT2D eigenvalue weighted by Gasteiger charge is -2.16. The quantitative estimate of drug-likeness (QED) is 0.643. The van der Waals surface area contributed by atoms with Gasteiger partial charge in [0.1, 0.15) is 0 Å². The molecule has 0 bridgehead atoms. The average Bonchev–Trinajstić information content (AvgIpc) is 1.59. The number of hydrogen-bond donors (Lipinski definition) is 1. The summed E-state index contributed by atoms with van der Waals surface area (Å²) in [5.74, 6) is 0. The molecule has 0 atom stereocenters. The van der Waals surface area contributed by atoms with Gasteiger partial charge in [-0.25, -0.2) is 0 Å². The molecule has 0 heterocycles. The van der Waals surface area contributed by atoms with Crippen molar-refractivity contribution in [2.45, 2.75) is 6.18 Å². The Kier molecular flexibility index (Phi) is 3.67. The van der Waals surface area contributed by atoms with Crippen LogP contribution in [0, 0.1) is 0 Å². The monoisotopic (exact) mass is 157 g/mol. The topological polar surface area (TPSA) is 23.5 Å². The minimum atomic E-state index is -4.16. The largest absolute Gasteiger partial charge is 0.401 e. The number of nitrogens with zero attached hydrogens (tertiary/aromatic N) is 1. The van der Waals surface area contributed by atoms with Crippen LogP contribution in [0.1, 0.15) is 0 Å². The van der Waals surface area contributed by atoms with Gasteiger partial charge in [0, 0.05) is 6.54 Å². The van der Waals surface area contributed by atoms with E-state index in [-0.39, 0.29) is 13.2 Å². The van der Waals surface area contributed by atoms with Crippen molar-refractivity contribution in [2.24, 2.45) is 0 Å². The number of halogens is 3. The standard InChI is InChI=1S/C5H10F3NO/c1-9(2-3-10)4-5(6,7)8/h10H,2-4H2,1H3. The Morgan fingerprint density at radius 2 is 1.90 bits per heavy atom. The summed E-state index contributed by atoms with van der Waals surface area (Å²) in [7, 11) is 1.31. The van der Waals surface area contributed by atoms with Gasteiger partial charge in [0.25, 0.3) is 0 Å². The van der Waals surface area contributed by atoms with Crippen molar-refractivity contribution >= 4 is 0 Å². The van der Waals surface area contributed by atoms with Crippen LogP contribution in [-0.4, -0.2) is 42.9 Å². The Morgan fingerprint density at radius 1 is 1.40 bits per heavy atom. The summed E-state index contributed by atoms with van der Waals surface area (Å²) < 4.78 is 34.5. The van der Waals surface area contributed by atoms with Gasteiger partial charge >= 0.3 is 6.18 Å². The highest BCUT2D eigenvalue weighted by Gasteiger charge is 2.28. The molecule has 0 aromatic rings. The normalized spacial score (nSPS) is 12.6. The van der Waals surface area contributed by atoms with Gasteiger partial charge < -0.3 is 5.11 Å². The Bertz CT molecular complexity index is 93.4. The number of hydrogen-bond acceptors (Lipinski definition) is 2. The first kappa shape index (κ1) is 9.71. The smallest absolute Gasteiger partial charge is 0.395 e. The van der Waals surface area contributed by atoms with Gasteiger partial charge in [0.2, 0.25) is 0 Å². The third kappa shape index (κ3) is 5.84. The van der Waals surface area contributed by atoms with Crippen LogP contribution in [0.5, 0.6) is 0 Å². The second-order valence-electron chi connectivity index (χ2n) is 2.08. The van der Waals surface area contributed by atoms with Gasteiger partial charge in [0.15, 0.2) is 0 Å². The van der Waals surface area contributed by atoms with Crippen molar-refractivity contribution in [3.05, 3.63) is 0 Å². The lowest BCUT2D eigenvalue weighted by atomic mass is 10.5. The van der Waals surface area contributed by atoms with Crippen LogP contribution in [0.15, 0.2) is 0 Å². The summed E-state index contributed by atoms with van der Waals surface area (Å²) in [6, 6.07) is 0. The molecule has 0 radical (unpaired) electrons. The minimum Gasteiger partial charge on any atom is -0.395 e. The van der Waals surface area contributed by atoms with Crippen LogP contribution in [0.2, 0.25) is 0 Å². The van der Waals surface area contributed by atoms with Crippen molar-refractivity contribution in [1.29, 1.82) is 0 Å². The summed E-state index contributed by atoms with van der Waals surface area (Å²) in [5.41, 5.74) is 0. The fraction of sp³-hybridized carbons (Fsp3) is 1.00. The predicted octanol–water partition coefficient (Wildman–Crippen LogP) is 0.473. The van der Waals surface area contributed by atoms with E-state index in [1.165, 1.54) is 7.05 Å². The van der Waals surface area contributed by atoms with Crippen LogP contribution in [0.25, 0.3) is 0 Å². The second-order valence-corrected chi connectivity index (χ2v) is 2.08. The molecule has 0 rings (SSSR count). The highest BCUT2D eigenvalue weighted by molar-refractivity contribution is 4.57. The molecule has 0 aliphatic carbocycles. The van der Waals surface area contributed by atoms with Crippen LogP contribution in [-0.2, 0) is 0 Å². The molecule has 0 saturated heterocycles. The Hall–Kier alpha value is -0.290. The van der Waals surface area contributed by atoms with Gasteiger partial charge in [0.05, 0.1) is 13.2 Å². The first-order chi connectivity index (χ1) is 4.45. The van der Waals surface area contributed by atoms with Gasteiger partial charge in [-0.05, 0) is 7.05 Å². The molecule has 0 amide bonds. The van der Waals surface area contributed by atoms with Crippen LogP contribution < -0.4 is 0 Å². The zero-order valence-corrected chi connectivity index (χ0v) is 5.65. The lowest BCUT2D eigenvalue weighted by Crippen LogP contribution is -2.32. The number of aliphatic hydroxyl groups is 1. The van der Waals surface area contributed by atoms with E-state index in [9.17, 15) is 13.2 Å². The Labute approximate surface area is 57.2 Å². The fourth-order valence-corrected chi connectivity index (χ4v) is 0.556. The molecule has 0 spiro atoms. The van der Waals surface area contributed by atoms with Gasteiger partial charge in [-0.2, -0.15) is 13.2 Å². The highest BCUT2D eigenvalue weighted by atomic mass is 19.4. The van der Waals surface area contributed by atoms with Crippen molar-refractivity contribution in [2.75, 3.05) is 26.7 Å². The molecule has 10 heavy (non-hydrogen) atoms. The SMILES string of the molecule is CN(CCO)CC(F)(F)F. The van der Waals surface area contributed by atoms with E-state index in [1.54, 1.807) is 0 Å². The molecular formula is C5H10F3NO. The van der Waals surface area contributed by atoms with Crippen molar-refractivity contribution in [3.8, 4) is 0 Å². The van der Waals surface area contributed by atoms with E-state index in [0.717, 1.165) is 4.90 Å². The maximum Gasteiger partial charge on any atom is 0.401 e. The van der Waals surface area contributed by atoms with E-state index in [4.69, 9.17) is 5.11 Å². The summed E-state index contributed by atoms with van der Waals surface area (Å²) in [6.07, 6.45) is -4.16. The molecule has 2 nitrogen and oxygen atoms in total. The second kappa shape index (κ2) is 3.78. The third-order valence-electron chi connectivity index (χ3n) is 0.931. The Morgan fingerprint density at radius 3 is 2.20 bits per heavy atom. The van der Waals surface area contributed by atoms with Crippen molar-refractivity contribution in [1.82, 2.24) is 4.90 Å². The third-order valence-corrected chi connectivity index (χ3v) is 0.931. The summed E-state index contributed by atoms with van der Waals surface area (Å²) in [6.45, 7) is -1.15. The minimum absolute atomic E-state index is 0.0551. The van der Waals surface area contributed by atoms with Crippen molar-refractivity contribution < 1.29 is 18.3 Å². The zero-order valence-electron chi connectivity index (χ0n) is 5.65. The van der Waals surface area contributed by atoms with E-state index in [2.05, 4.69) is 0 Å². The lowest BCUT2D eigenvalue weighted by molar-refractivity contribution is -0.143. The summed E-state index contributed by atoms with van der Waals surface area (Å²) in [5, 5.41) is 8.22. The summed E-state index contributed by atoms with van der Waals surface area (Å²) >= 11 is 0. The van der Waals surface area contributed by atoms with Gasteiger partial charge in [-0.1, -0.05) is 0 Å². The number of alkyl halides is 3.